The Bertz CT molecular complexity index is 547. The first-order valence-electron chi connectivity index (χ1n) is 11.0. The Morgan fingerprint density at radius 2 is 1.11 bits per heavy atom. The number of phenols is 2. The molecule has 2 heteroatoms. The molecule has 1 aromatic carbocycles. The van der Waals surface area contributed by atoms with Gasteiger partial charge in [-0.25, -0.2) is 0 Å². The van der Waals surface area contributed by atoms with E-state index in [0.717, 1.165) is 36.8 Å². The van der Waals surface area contributed by atoms with Crippen molar-refractivity contribution in [2.45, 2.75) is 112 Å². The Morgan fingerprint density at radius 1 is 0.630 bits per heavy atom. The number of hydrogen-bond acceptors (Lipinski definition) is 2. The molecule has 1 rings (SSSR count). The standard InChI is InChI=1S/C25H44O2/c1-24(2,3)16-12-8-7-11-15-22-20(18-21(26)19-23(22)27)14-10-9-13-17-25(4,5)6/h18-19,26-27H,7-17H2,1-6H3. The van der Waals surface area contributed by atoms with Gasteiger partial charge in [-0.3, -0.25) is 0 Å². The quantitative estimate of drug-likeness (QED) is 0.387. The second-order valence-electron chi connectivity index (χ2n) is 10.7. The lowest BCUT2D eigenvalue weighted by Gasteiger charge is -2.18. The van der Waals surface area contributed by atoms with Gasteiger partial charge in [0.2, 0.25) is 0 Å². The summed E-state index contributed by atoms with van der Waals surface area (Å²) in [5, 5.41) is 20.2. The van der Waals surface area contributed by atoms with Crippen LogP contribution in [0, 0.1) is 10.8 Å². The predicted octanol–water partition coefficient (Wildman–Crippen LogP) is 7.79. The number of aromatic hydroxyl groups is 2. The van der Waals surface area contributed by atoms with E-state index in [1.807, 2.05) is 6.07 Å². The molecule has 0 saturated heterocycles. The molecule has 0 unspecified atom stereocenters. The summed E-state index contributed by atoms with van der Waals surface area (Å²) in [7, 11) is 0. The number of hydrogen-bond donors (Lipinski definition) is 2. The molecular formula is C25H44O2. The highest BCUT2D eigenvalue weighted by Crippen LogP contribution is 2.31. The number of aryl methyl sites for hydroxylation is 1. The summed E-state index contributed by atoms with van der Waals surface area (Å²) >= 11 is 0. The minimum absolute atomic E-state index is 0.186. The number of rotatable bonds is 11. The molecule has 0 aliphatic carbocycles. The summed E-state index contributed by atoms with van der Waals surface area (Å²) in [6.45, 7) is 13.8. The van der Waals surface area contributed by atoms with Crippen molar-refractivity contribution >= 4 is 0 Å². The molecule has 2 nitrogen and oxygen atoms in total. The van der Waals surface area contributed by atoms with E-state index in [1.54, 1.807) is 0 Å². The molecular weight excluding hydrogens is 332 g/mol. The van der Waals surface area contributed by atoms with E-state index in [4.69, 9.17) is 0 Å². The van der Waals surface area contributed by atoms with Crippen LogP contribution in [0.1, 0.15) is 110 Å². The lowest BCUT2D eigenvalue weighted by molar-refractivity contribution is 0.357. The fraction of sp³-hybridized carbons (Fsp3) is 0.760. The van der Waals surface area contributed by atoms with Gasteiger partial charge in [0.25, 0.3) is 0 Å². The number of phenolic OH excluding ortho intramolecular Hbond substituents is 2. The van der Waals surface area contributed by atoms with E-state index < -0.39 is 0 Å². The van der Waals surface area contributed by atoms with Crippen LogP contribution in [0.3, 0.4) is 0 Å². The highest BCUT2D eigenvalue weighted by Gasteiger charge is 2.12. The second-order valence-corrected chi connectivity index (χ2v) is 10.7. The molecule has 0 bridgehead atoms. The zero-order chi connectivity index (χ0) is 20.5. The molecule has 0 fully saturated rings. The maximum absolute atomic E-state index is 10.3. The number of benzene rings is 1. The van der Waals surface area contributed by atoms with Crippen molar-refractivity contribution in [2.24, 2.45) is 10.8 Å². The van der Waals surface area contributed by atoms with Crippen molar-refractivity contribution in [3.05, 3.63) is 23.3 Å². The molecule has 27 heavy (non-hydrogen) atoms. The highest BCUT2D eigenvalue weighted by molar-refractivity contribution is 5.45. The fourth-order valence-electron chi connectivity index (χ4n) is 3.67. The Kier molecular flexibility index (Phi) is 9.70. The monoisotopic (exact) mass is 376 g/mol. The third-order valence-corrected chi connectivity index (χ3v) is 5.28. The molecule has 1 aromatic rings. The summed E-state index contributed by atoms with van der Waals surface area (Å²) in [5.74, 6) is 0.459. The van der Waals surface area contributed by atoms with E-state index in [-0.39, 0.29) is 11.5 Å². The largest absolute Gasteiger partial charge is 0.508 e. The number of unbranched alkanes of at least 4 members (excludes halogenated alkanes) is 5. The summed E-state index contributed by atoms with van der Waals surface area (Å²) in [5.41, 5.74) is 3.02. The van der Waals surface area contributed by atoms with Crippen molar-refractivity contribution in [3.63, 3.8) is 0 Å². The van der Waals surface area contributed by atoms with E-state index >= 15 is 0 Å². The fourth-order valence-corrected chi connectivity index (χ4v) is 3.67. The van der Waals surface area contributed by atoms with Crippen LogP contribution in [0.2, 0.25) is 0 Å². The van der Waals surface area contributed by atoms with Crippen molar-refractivity contribution in [2.75, 3.05) is 0 Å². The average Bonchev–Trinajstić information content (AvgIpc) is 2.49. The molecule has 0 atom stereocenters. The highest BCUT2D eigenvalue weighted by atomic mass is 16.3. The van der Waals surface area contributed by atoms with Crippen molar-refractivity contribution in [3.8, 4) is 11.5 Å². The van der Waals surface area contributed by atoms with E-state index in [0.29, 0.717) is 10.8 Å². The topological polar surface area (TPSA) is 40.5 Å². The lowest BCUT2D eigenvalue weighted by atomic mass is 9.88. The lowest BCUT2D eigenvalue weighted by Crippen LogP contribution is -2.04. The van der Waals surface area contributed by atoms with Crippen LogP contribution in [-0.2, 0) is 12.8 Å². The van der Waals surface area contributed by atoms with Crippen LogP contribution in [0.15, 0.2) is 12.1 Å². The Balaban J connectivity index is 2.46. The molecule has 0 aliphatic heterocycles. The molecule has 0 heterocycles. The van der Waals surface area contributed by atoms with Crippen LogP contribution in [-0.4, -0.2) is 10.2 Å². The third kappa shape index (κ3) is 11.3. The molecule has 156 valence electrons. The van der Waals surface area contributed by atoms with Gasteiger partial charge in [-0.05, 0) is 66.5 Å². The van der Waals surface area contributed by atoms with Gasteiger partial charge in [0.05, 0.1) is 0 Å². The Hall–Kier alpha value is -1.18. The van der Waals surface area contributed by atoms with Gasteiger partial charge in [-0.2, -0.15) is 0 Å². The SMILES string of the molecule is CC(C)(C)CCCCCCc1c(O)cc(O)cc1CCCCCC(C)(C)C. The zero-order valence-electron chi connectivity index (χ0n) is 18.8. The second kappa shape index (κ2) is 11.0. The molecule has 0 aromatic heterocycles. The van der Waals surface area contributed by atoms with Gasteiger partial charge in [-0.1, -0.05) is 73.6 Å². The third-order valence-electron chi connectivity index (χ3n) is 5.28. The molecule has 2 N–H and O–H groups in total. The average molecular weight is 377 g/mol. The van der Waals surface area contributed by atoms with Crippen LogP contribution in [0.4, 0.5) is 0 Å². The van der Waals surface area contributed by atoms with E-state index in [2.05, 4.69) is 41.5 Å². The Morgan fingerprint density at radius 3 is 1.67 bits per heavy atom. The van der Waals surface area contributed by atoms with E-state index in [1.165, 1.54) is 51.0 Å². The zero-order valence-corrected chi connectivity index (χ0v) is 18.8. The normalized spacial score (nSPS) is 12.5. The van der Waals surface area contributed by atoms with Gasteiger partial charge in [0.15, 0.2) is 0 Å². The summed E-state index contributed by atoms with van der Waals surface area (Å²) < 4.78 is 0. The van der Waals surface area contributed by atoms with Crippen LogP contribution in [0.5, 0.6) is 11.5 Å². The van der Waals surface area contributed by atoms with Gasteiger partial charge in [-0.15, -0.1) is 0 Å². The van der Waals surface area contributed by atoms with Gasteiger partial charge < -0.3 is 10.2 Å². The molecule has 0 amide bonds. The minimum Gasteiger partial charge on any atom is -0.508 e. The van der Waals surface area contributed by atoms with Gasteiger partial charge in [0.1, 0.15) is 11.5 Å². The van der Waals surface area contributed by atoms with Crippen LogP contribution >= 0.6 is 0 Å². The summed E-state index contributed by atoms with van der Waals surface area (Å²) in [6.07, 6.45) is 12.8. The van der Waals surface area contributed by atoms with Crippen molar-refractivity contribution in [1.82, 2.24) is 0 Å². The van der Waals surface area contributed by atoms with Crippen molar-refractivity contribution in [1.29, 1.82) is 0 Å². The molecule has 0 radical (unpaired) electrons. The van der Waals surface area contributed by atoms with Crippen LogP contribution in [0.25, 0.3) is 0 Å². The first kappa shape index (κ1) is 23.9. The van der Waals surface area contributed by atoms with Gasteiger partial charge in [0, 0.05) is 6.07 Å². The maximum Gasteiger partial charge on any atom is 0.122 e. The minimum atomic E-state index is 0.186. The van der Waals surface area contributed by atoms with Gasteiger partial charge >= 0.3 is 0 Å². The first-order chi connectivity index (χ1) is 12.5. The van der Waals surface area contributed by atoms with Crippen molar-refractivity contribution < 1.29 is 10.2 Å². The predicted molar refractivity (Wildman–Crippen MR) is 118 cm³/mol. The maximum atomic E-state index is 10.3. The summed E-state index contributed by atoms with van der Waals surface area (Å²) in [4.78, 5) is 0. The molecule has 0 aliphatic rings. The molecule has 0 saturated carbocycles. The summed E-state index contributed by atoms with van der Waals surface area (Å²) in [6, 6.07) is 3.36. The molecule has 0 spiro atoms. The Labute approximate surface area is 168 Å². The first-order valence-corrected chi connectivity index (χ1v) is 11.0. The van der Waals surface area contributed by atoms with E-state index in [9.17, 15) is 10.2 Å². The smallest absolute Gasteiger partial charge is 0.122 e. The van der Waals surface area contributed by atoms with Crippen LogP contribution < -0.4 is 0 Å².